The number of fused-ring (bicyclic) bond motifs is 1. The third-order valence-electron chi connectivity index (χ3n) is 3.72. The molecule has 21 heavy (non-hydrogen) atoms. The molecule has 0 unspecified atom stereocenters. The highest BCUT2D eigenvalue weighted by Crippen LogP contribution is 2.34. The molecular weight excluding hydrogens is 288 g/mol. The van der Waals surface area contributed by atoms with E-state index in [-0.39, 0.29) is 6.61 Å². The van der Waals surface area contributed by atoms with Crippen LogP contribution in [0, 0.1) is 0 Å². The van der Waals surface area contributed by atoms with Gasteiger partial charge in [0.15, 0.2) is 10.8 Å². The molecule has 116 valence electrons. The minimum atomic E-state index is 0.165. The zero-order valence-electron chi connectivity index (χ0n) is 12.3. The molecule has 0 saturated heterocycles. The molecule has 0 spiro atoms. The highest BCUT2D eigenvalue weighted by atomic mass is 32.1. The lowest BCUT2D eigenvalue weighted by Crippen LogP contribution is -2.31. The molecule has 0 aromatic carbocycles. The lowest BCUT2D eigenvalue weighted by molar-refractivity contribution is 0.199. The first-order valence-corrected chi connectivity index (χ1v) is 8.24. The molecule has 1 fully saturated rings. The van der Waals surface area contributed by atoms with Gasteiger partial charge < -0.3 is 20.1 Å². The molecule has 1 saturated carbocycles. The minimum Gasteiger partial charge on any atom is -0.395 e. The highest BCUT2D eigenvalue weighted by molar-refractivity contribution is 7.15. The Morgan fingerprint density at radius 3 is 3.14 bits per heavy atom. The Balaban J connectivity index is 1.83. The number of ether oxygens (including phenoxy) is 1. The van der Waals surface area contributed by atoms with Crippen LogP contribution in [0.1, 0.15) is 18.5 Å². The zero-order chi connectivity index (χ0) is 14.7. The number of nitrogens with zero attached hydrogens (tertiary/aromatic N) is 3. The predicted molar refractivity (Wildman–Crippen MR) is 84.1 cm³/mol. The number of hydrogen-bond donors (Lipinski definition) is 2. The Morgan fingerprint density at radius 1 is 1.57 bits per heavy atom. The monoisotopic (exact) mass is 310 g/mol. The van der Waals surface area contributed by atoms with E-state index in [0.29, 0.717) is 19.2 Å². The summed E-state index contributed by atoms with van der Waals surface area (Å²) in [6.07, 6.45) is 4.46. The van der Waals surface area contributed by atoms with Crippen LogP contribution in [0.2, 0.25) is 0 Å². The average Bonchev–Trinajstić information content (AvgIpc) is 3.12. The molecule has 0 bridgehead atoms. The Labute approximate surface area is 128 Å². The summed E-state index contributed by atoms with van der Waals surface area (Å²) in [5.74, 6) is 1.02. The van der Waals surface area contributed by atoms with E-state index in [0.717, 1.165) is 23.9 Å². The number of imidazole rings is 1. The topological polar surface area (TPSA) is 62.0 Å². The van der Waals surface area contributed by atoms with Crippen LogP contribution in [0.4, 0.5) is 5.82 Å². The van der Waals surface area contributed by atoms with Gasteiger partial charge >= 0.3 is 0 Å². The third-order valence-corrected chi connectivity index (χ3v) is 4.47. The van der Waals surface area contributed by atoms with E-state index >= 15 is 0 Å². The molecule has 0 aliphatic heterocycles. The Bertz CT molecular complexity index is 579. The second kappa shape index (κ2) is 6.74. The van der Waals surface area contributed by atoms with E-state index in [1.807, 2.05) is 0 Å². The second-order valence-corrected chi connectivity index (χ2v) is 6.13. The summed E-state index contributed by atoms with van der Waals surface area (Å²) in [7, 11) is 1.71. The molecule has 1 aliphatic rings. The van der Waals surface area contributed by atoms with Crippen LogP contribution in [-0.2, 0) is 11.3 Å². The molecular formula is C14H22N4O2S. The van der Waals surface area contributed by atoms with Crippen molar-refractivity contribution in [2.24, 2.45) is 0 Å². The van der Waals surface area contributed by atoms with E-state index < -0.39 is 0 Å². The molecule has 2 N–H and O–H groups in total. The number of aromatic nitrogens is 2. The van der Waals surface area contributed by atoms with Crippen molar-refractivity contribution in [3.8, 4) is 0 Å². The average molecular weight is 310 g/mol. The fraction of sp³-hybridized carbons (Fsp3) is 0.643. The largest absolute Gasteiger partial charge is 0.395 e. The van der Waals surface area contributed by atoms with Crippen LogP contribution < -0.4 is 10.2 Å². The summed E-state index contributed by atoms with van der Waals surface area (Å²) in [6, 6.07) is 0.541. The summed E-state index contributed by atoms with van der Waals surface area (Å²) < 4.78 is 7.22. The van der Waals surface area contributed by atoms with Gasteiger partial charge in [-0.1, -0.05) is 0 Å². The van der Waals surface area contributed by atoms with Crippen molar-refractivity contribution in [1.29, 1.82) is 0 Å². The summed E-state index contributed by atoms with van der Waals surface area (Å²) >= 11 is 1.64. The van der Waals surface area contributed by atoms with Gasteiger partial charge in [0, 0.05) is 44.4 Å². The molecule has 2 aromatic rings. The first kappa shape index (κ1) is 14.8. The first-order valence-electron chi connectivity index (χ1n) is 7.36. The van der Waals surface area contributed by atoms with Gasteiger partial charge in [-0.15, -0.1) is 11.3 Å². The third kappa shape index (κ3) is 3.21. The van der Waals surface area contributed by atoms with Crippen molar-refractivity contribution < 1.29 is 9.84 Å². The van der Waals surface area contributed by atoms with Crippen molar-refractivity contribution in [3.05, 3.63) is 17.3 Å². The molecule has 0 amide bonds. The fourth-order valence-electron chi connectivity index (χ4n) is 2.55. The second-order valence-electron chi connectivity index (χ2n) is 5.26. The number of nitrogens with one attached hydrogen (secondary N) is 1. The number of hydrogen-bond acceptors (Lipinski definition) is 6. The Hall–Kier alpha value is -1.15. The summed E-state index contributed by atoms with van der Waals surface area (Å²) in [5, 5.41) is 14.8. The van der Waals surface area contributed by atoms with Gasteiger partial charge in [0.2, 0.25) is 0 Å². The molecule has 6 nitrogen and oxygen atoms in total. The van der Waals surface area contributed by atoms with E-state index in [9.17, 15) is 5.11 Å². The SMILES string of the molecule is COCCNCc1c(N(CCO)C2CC2)nc2sccn12. The van der Waals surface area contributed by atoms with Crippen LogP contribution in [0.15, 0.2) is 11.6 Å². The van der Waals surface area contributed by atoms with Gasteiger partial charge in [0.25, 0.3) is 0 Å². The van der Waals surface area contributed by atoms with Gasteiger partial charge in [-0.2, -0.15) is 0 Å². The van der Waals surface area contributed by atoms with E-state index in [1.165, 1.54) is 18.5 Å². The molecule has 3 rings (SSSR count). The lowest BCUT2D eigenvalue weighted by Gasteiger charge is -2.22. The quantitative estimate of drug-likeness (QED) is 0.679. The van der Waals surface area contributed by atoms with Gasteiger partial charge in [-0.25, -0.2) is 4.98 Å². The van der Waals surface area contributed by atoms with E-state index in [1.54, 1.807) is 18.4 Å². The number of aliphatic hydroxyl groups excluding tert-OH is 1. The van der Waals surface area contributed by atoms with Gasteiger partial charge in [0.05, 0.1) is 18.9 Å². The maximum atomic E-state index is 9.33. The van der Waals surface area contributed by atoms with Gasteiger partial charge in [-0.3, -0.25) is 4.40 Å². The molecule has 0 atom stereocenters. The predicted octanol–water partition coefficient (Wildman–Crippen LogP) is 1.09. The smallest absolute Gasteiger partial charge is 0.195 e. The Morgan fingerprint density at radius 2 is 2.43 bits per heavy atom. The van der Waals surface area contributed by atoms with Crippen LogP contribution >= 0.6 is 11.3 Å². The maximum absolute atomic E-state index is 9.33. The van der Waals surface area contributed by atoms with Gasteiger partial charge in [-0.05, 0) is 12.8 Å². The van der Waals surface area contributed by atoms with Crippen LogP contribution in [0.25, 0.3) is 4.96 Å². The van der Waals surface area contributed by atoms with Crippen molar-refractivity contribution in [2.45, 2.75) is 25.4 Å². The fourth-order valence-corrected chi connectivity index (χ4v) is 3.28. The van der Waals surface area contributed by atoms with Crippen LogP contribution in [0.5, 0.6) is 0 Å². The minimum absolute atomic E-state index is 0.165. The van der Waals surface area contributed by atoms with Gasteiger partial charge in [0.1, 0.15) is 0 Å². The van der Waals surface area contributed by atoms with Crippen LogP contribution in [0.3, 0.4) is 0 Å². The zero-order valence-corrected chi connectivity index (χ0v) is 13.1. The normalized spacial score (nSPS) is 15.0. The summed E-state index contributed by atoms with van der Waals surface area (Å²) in [5.41, 5.74) is 1.17. The Kier molecular flexibility index (Phi) is 4.74. The van der Waals surface area contributed by atoms with Crippen molar-refractivity contribution in [1.82, 2.24) is 14.7 Å². The van der Waals surface area contributed by atoms with E-state index in [4.69, 9.17) is 9.72 Å². The van der Waals surface area contributed by atoms with Crippen molar-refractivity contribution in [2.75, 3.05) is 38.3 Å². The maximum Gasteiger partial charge on any atom is 0.195 e. The van der Waals surface area contributed by atoms with Crippen molar-refractivity contribution >= 4 is 22.1 Å². The number of thiazole rings is 1. The standard InChI is InChI=1S/C14H22N4O2S/c1-20-8-4-15-10-12-13(16-14-18(12)6-9-21-14)17(5-7-19)11-2-3-11/h6,9,11,15,19H,2-5,7-8,10H2,1H3. The molecule has 0 radical (unpaired) electrons. The first-order chi connectivity index (χ1) is 10.3. The number of anilines is 1. The molecule has 7 heteroatoms. The van der Waals surface area contributed by atoms with Crippen molar-refractivity contribution in [3.63, 3.8) is 0 Å². The highest BCUT2D eigenvalue weighted by Gasteiger charge is 2.32. The number of aliphatic hydroxyl groups is 1. The molecule has 1 aliphatic carbocycles. The van der Waals surface area contributed by atoms with E-state index in [2.05, 4.69) is 26.2 Å². The number of methoxy groups -OCH3 is 1. The van der Waals surface area contributed by atoms with Crippen LogP contribution in [-0.4, -0.2) is 53.9 Å². The molecule has 2 aromatic heterocycles. The summed E-state index contributed by atoms with van der Waals surface area (Å²) in [4.78, 5) is 8.05. The lowest BCUT2D eigenvalue weighted by atomic mass is 10.3. The number of rotatable bonds is 9. The molecule has 2 heterocycles. The summed E-state index contributed by atoms with van der Waals surface area (Å²) in [6.45, 7) is 3.09.